The maximum Gasteiger partial charge on any atom is 0.224 e. The first-order valence-corrected chi connectivity index (χ1v) is 12.8. The van der Waals surface area contributed by atoms with Crippen LogP contribution in [-0.2, 0) is 11.2 Å². The fourth-order valence-electron chi connectivity index (χ4n) is 5.37. The number of benzene rings is 2. The van der Waals surface area contributed by atoms with Gasteiger partial charge in [-0.1, -0.05) is 6.08 Å². The van der Waals surface area contributed by atoms with E-state index in [0.717, 1.165) is 52.9 Å². The molecule has 2 aliphatic rings. The Morgan fingerprint density at radius 3 is 2.03 bits per heavy atom. The van der Waals surface area contributed by atoms with Crippen molar-refractivity contribution >= 4 is 29.5 Å². The zero-order chi connectivity index (χ0) is 27.4. The number of halogens is 1. The van der Waals surface area contributed by atoms with Crippen molar-refractivity contribution in [2.24, 2.45) is 0 Å². The number of likely N-dealkylation sites (tertiary alicyclic amines) is 1. The number of methoxy groups -OCH3 is 5. The predicted octanol–water partition coefficient (Wildman–Crippen LogP) is 4.78. The monoisotopic (exact) mass is 558 g/mol. The molecule has 0 saturated carbocycles. The quantitative estimate of drug-likeness (QED) is 0.450. The van der Waals surface area contributed by atoms with Gasteiger partial charge in [-0.05, 0) is 91.0 Å². The molecule has 1 heterocycles. The molecule has 0 aromatic heterocycles. The van der Waals surface area contributed by atoms with Gasteiger partial charge in [0.15, 0.2) is 23.0 Å². The zero-order valence-electron chi connectivity index (χ0n) is 23.8. The molecule has 9 heteroatoms. The summed E-state index contributed by atoms with van der Waals surface area (Å²) in [6, 6.07) is 8.07. The van der Waals surface area contributed by atoms with E-state index < -0.39 is 0 Å². The Hall–Kier alpha value is -3.36. The van der Waals surface area contributed by atoms with Gasteiger partial charge < -0.3 is 33.9 Å². The standard InChI is InChI=1S/C30H38N2O6.ClH/c1-18-21(9-8-19-12-27(36-5)30(38-7)28(13-19)37-6)23-14-25(34-3)26(35-4)15-24(23)22(18)16-29(33)31-20-10-11-32(2)17-20;/h9,12-15,20H,8,10-11,16-17H2,1-7H3,(H,31,33);1H/b21-9-;/t20-;/m0./s1. The van der Waals surface area contributed by atoms with Crippen LogP contribution in [0.3, 0.4) is 0 Å². The molecule has 0 unspecified atom stereocenters. The highest BCUT2D eigenvalue weighted by atomic mass is 35.5. The van der Waals surface area contributed by atoms with Crippen LogP contribution in [0.15, 0.2) is 35.9 Å². The molecule has 1 saturated heterocycles. The second-order valence-corrected chi connectivity index (χ2v) is 9.70. The Balaban J connectivity index is 0.00000420. The summed E-state index contributed by atoms with van der Waals surface area (Å²) in [6.45, 7) is 3.96. The van der Waals surface area contributed by atoms with Gasteiger partial charge in [0.05, 0.1) is 42.0 Å². The molecule has 1 fully saturated rings. The fraction of sp³-hybridized carbons (Fsp3) is 0.433. The van der Waals surface area contributed by atoms with Crippen molar-refractivity contribution in [1.29, 1.82) is 0 Å². The summed E-state index contributed by atoms with van der Waals surface area (Å²) < 4.78 is 27.7. The molecule has 0 radical (unpaired) electrons. The van der Waals surface area contributed by atoms with Crippen molar-refractivity contribution < 1.29 is 28.5 Å². The molecule has 8 nitrogen and oxygen atoms in total. The number of hydrogen-bond acceptors (Lipinski definition) is 7. The first kappa shape index (κ1) is 30.2. The van der Waals surface area contributed by atoms with Gasteiger partial charge in [0, 0.05) is 12.6 Å². The molecule has 1 amide bonds. The average molecular weight is 559 g/mol. The number of nitrogens with one attached hydrogen (secondary N) is 1. The SMILES string of the molecule is COc1cc2c(cc1OC)/C(=C\Cc1cc(OC)c(OC)c(OC)c1)C(C)=C2CC(=O)N[C@H]1CCN(C)C1.Cl. The smallest absolute Gasteiger partial charge is 0.224 e. The number of nitrogens with zero attached hydrogens (tertiary/aromatic N) is 1. The number of allylic oxidation sites excluding steroid dienone is 3. The van der Waals surface area contributed by atoms with Crippen LogP contribution in [0.1, 0.15) is 36.5 Å². The van der Waals surface area contributed by atoms with E-state index in [9.17, 15) is 4.79 Å². The minimum absolute atomic E-state index is 0. The molecule has 4 rings (SSSR count). The van der Waals surface area contributed by atoms with Gasteiger partial charge in [-0.2, -0.15) is 0 Å². The summed E-state index contributed by atoms with van der Waals surface area (Å²) in [4.78, 5) is 15.3. The first-order chi connectivity index (χ1) is 18.3. The highest BCUT2D eigenvalue weighted by Crippen LogP contribution is 2.47. The molecule has 212 valence electrons. The number of amides is 1. The summed E-state index contributed by atoms with van der Waals surface area (Å²) in [5, 5.41) is 3.22. The van der Waals surface area contributed by atoms with E-state index in [1.54, 1.807) is 35.5 Å². The highest BCUT2D eigenvalue weighted by Gasteiger charge is 2.29. The average Bonchev–Trinajstić information content (AvgIpc) is 3.44. The van der Waals surface area contributed by atoms with E-state index >= 15 is 0 Å². The molecule has 1 aliphatic carbocycles. The Morgan fingerprint density at radius 1 is 0.923 bits per heavy atom. The fourth-order valence-corrected chi connectivity index (χ4v) is 5.37. The molecule has 2 aromatic rings. The molecule has 1 aliphatic heterocycles. The van der Waals surface area contributed by atoms with Gasteiger partial charge in [-0.3, -0.25) is 4.79 Å². The largest absolute Gasteiger partial charge is 0.493 e. The van der Waals surface area contributed by atoms with E-state index in [1.807, 2.05) is 24.3 Å². The van der Waals surface area contributed by atoms with Crippen molar-refractivity contribution in [3.63, 3.8) is 0 Å². The third-order valence-electron chi connectivity index (χ3n) is 7.36. The summed E-state index contributed by atoms with van der Waals surface area (Å²) in [7, 11) is 10.2. The minimum Gasteiger partial charge on any atom is -0.493 e. The van der Waals surface area contributed by atoms with E-state index in [1.165, 1.54) is 0 Å². The van der Waals surface area contributed by atoms with Crippen molar-refractivity contribution in [3.05, 3.63) is 52.6 Å². The van der Waals surface area contributed by atoms with Crippen LogP contribution < -0.4 is 29.0 Å². The van der Waals surface area contributed by atoms with Crippen LogP contribution in [0, 0.1) is 0 Å². The number of fused-ring (bicyclic) bond motifs is 1. The summed E-state index contributed by atoms with van der Waals surface area (Å²) >= 11 is 0. The van der Waals surface area contributed by atoms with Crippen molar-refractivity contribution in [1.82, 2.24) is 10.2 Å². The van der Waals surface area contributed by atoms with Crippen LogP contribution in [0.2, 0.25) is 0 Å². The third-order valence-corrected chi connectivity index (χ3v) is 7.36. The lowest BCUT2D eigenvalue weighted by Gasteiger charge is -2.15. The van der Waals surface area contributed by atoms with Crippen LogP contribution in [0.5, 0.6) is 28.7 Å². The Kier molecular flexibility index (Phi) is 10.2. The lowest BCUT2D eigenvalue weighted by Crippen LogP contribution is -2.36. The van der Waals surface area contributed by atoms with Crippen LogP contribution in [0.4, 0.5) is 0 Å². The summed E-state index contributed by atoms with van der Waals surface area (Å²) in [6.07, 6.45) is 4.08. The van der Waals surface area contributed by atoms with Crippen molar-refractivity contribution in [3.8, 4) is 28.7 Å². The van der Waals surface area contributed by atoms with Gasteiger partial charge in [0.2, 0.25) is 11.7 Å². The van der Waals surface area contributed by atoms with Crippen LogP contribution >= 0.6 is 12.4 Å². The maximum atomic E-state index is 13.1. The number of rotatable bonds is 10. The topological polar surface area (TPSA) is 78.5 Å². The minimum atomic E-state index is 0. The van der Waals surface area contributed by atoms with Gasteiger partial charge in [-0.15, -0.1) is 12.4 Å². The molecule has 39 heavy (non-hydrogen) atoms. The number of likely N-dealkylation sites (N-methyl/N-ethyl adjacent to an activating group) is 1. The van der Waals surface area contributed by atoms with E-state index in [2.05, 4.69) is 30.3 Å². The van der Waals surface area contributed by atoms with Crippen LogP contribution in [0.25, 0.3) is 11.1 Å². The molecule has 2 aromatic carbocycles. The zero-order valence-corrected chi connectivity index (χ0v) is 24.6. The molecule has 1 atom stereocenters. The second kappa shape index (κ2) is 13.1. The van der Waals surface area contributed by atoms with E-state index in [4.69, 9.17) is 23.7 Å². The highest BCUT2D eigenvalue weighted by molar-refractivity contribution is 6.05. The van der Waals surface area contributed by atoms with Crippen molar-refractivity contribution in [2.45, 2.75) is 32.2 Å². The predicted molar refractivity (Wildman–Crippen MR) is 156 cm³/mol. The van der Waals surface area contributed by atoms with Crippen molar-refractivity contribution in [2.75, 3.05) is 55.7 Å². The first-order valence-electron chi connectivity index (χ1n) is 12.8. The Morgan fingerprint density at radius 2 is 1.51 bits per heavy atom. The summed E-state index contributed by atoms with van der Waals surface area (Å²) in [5.41, 5.74) is 6.17. The maximum absolute atomic E-state index is 13.1. The normalized spacial score (nSPS) is 17.5. The second-order valence-electron chi connectivity index (χ2n) is 9.70. The van der Waals surface area contributed by atoms with E-state index in [-0.39, 0.29) is 24.4 Å². The van der Waals surface area contributed by atoms with Crippen LogP contribution in [-0.4, -0.2) is 72.5 Å². The number of ether oxygens (including phenoxy) is 5. The van der Waals surface area contributed by atoms with Gasteiger partial charge in [0.1, 0.15) is 0 Å². The molecule has 1 N–H and O–H groups in total. The van der Waals surface area contributed by atoms with Gasteiger partial charge >= 0.3 is 0 Å². The molecule has 0 spiro atoms. The van der Waals surface area contributed by atoms with E-state index in [0.29, 0.717) is 41.6 Å². The number of hydrogen-bond donors (Lipinski definition) is 1. The lowest BCUT2D eigenvalue weighted by molar-refractivity contribution is -0.120. The Labute approximate surface area is 237 Å². The van der Waals surface area contributed by atoms with Gasteiger partial charge in [0.25, 0.3) is 0 Å². The Bertz CT molecular complexity index is 1250. The lowest BCUT2D eigenvalue weighted by atomic mass is 9.99. The number of carbonyl (C=O) groups excluding carboxylic acids is 1. The molecular weight excluding hydrogens is 520 g/mol. The summed E-state index contributed by atoms with van der Waals surface area (Å²) in [5.74, 6) is 3.11. The van der Waals surface area contributed by atoms with Gasteiger partial charge in [-0.25, -0.2) is 0 Å². The molecule has 0 bridgehead atoms. The number of carbonyl (C=O) groups is 1. The third kappa shape index (κ3) is 6.28. The molecular formula is C30H39ClN2O6.